The van der Waals surface area contributed by atoms with Crippen molar-refractivity contribution < 1.29 is 12.8 Å². The number of hydrogen-bond acceptors (Lipinski definition) is 7. The van der Waals surface area contributed by atoms with Gasteiger partial charge in [-0.05, 0) is 48.7 Å². The van der Waals surface area contributed by atoms with Gasteiger partial charge in [0.2, 0.25) is 5.09 Å². The molecule has 1 aliphatic rings. The Kier molecular flexibility index (Phi) is 6.05. The van der Waals surface area contributed by atoms with Gasteiger partial charge >= 0.3 is 0 Å². The molecule has 0 spiro atoms. The Morgan fingerprint density at radius 3 is 2.64 bits per heavy atom. The van der Waals surface area contributed by atoms with Gasteiger partial charge in [0, 0.05) is 25.5 Å². The van der Waals surface area contributed by atoms with E-state index in [2.05, 4.69) is 4.98 Å². The van der Waals surface area contributed by atoms with Crippen LogP contribution in [0.2, 0.25) is 0 Å². The fraction of sp³-hybridized carbons (Fsp3) is 0.261. The molecule has 4 aromatic rings. The first kappa shape index (κ1) is 21.9. The predicted octanol–water partition coefficient (Wildman–Crippen LogP) is 3.51. The van der Waals surface area contributed by atoms with E-state index in [4.69, 9.17) is 9.40 Å². The molecule has 0 radical (unpaired) electrons. The molecule has 0 unspecified atom stereocenters. The second kappa shape index (κ2) is 9.12. The molecule has 0 atom stereocenters. The van der Waals surface area contributed by atoms with Gasteiger partial charge in [-0.1, -0.05) is 30.0 Å². The third-order valence-electron chi connectivity index (χ3n) is 5.53. The largest absolute Gasteiger partial charge is 0.447 e. The maximum Gasteiger partial charge on any atom is 0.276 e. The standard InChI is InChI=1S/C23H22N4O4S2/c28-22-19-7-1-2-8-20(19)25-23(27(22)15-17-6-5-11-24-14-17)32-16-18-9-10-21(31-18)33(29,30)26-12-3-4-13-26/h1-2,5-11,14H,3-4,12-13,15-16H2. The maximum atomic E-state index is 13.2. The van der Waals surface area contributed by atoms with Gasteiger partial charge in [0.25, 0.3) is 15.6 Å². The first-order chi connectivity index (χ1) is 16.0. The number of hydrogen-bond donors (Lipinski definition) is 0. The van der Waals surface area contributed by atoms with Crippen LogP contribution in [0.15, 0.2) is 80.4 Å². The Hall–Kier alpha value is -2.95. The molecule has 1 aromatic carbocycles. The summed E-state index contributed by atoms with van der Waals surface area (Å²) in [6.07, 6.45) is 5.14. The van der Waals surface area contributed by atoms with E-state index in [0.29, 0.717) is 47.2 Å². The molecule has 0 bridgehead atoms. The quantitative estimate of drug-likeness (QED) is 0.294. The van der Waals surface area contributed by atoms with Crippen molar-refractivity contribution in [2.45, 2.75) is 35.4 Å². The summed E-state index contributed by atoms with van der Waals surface area (Å²) in [5.74, 6) is 0.848. The minimum atomic E-state index is -3.61. The van der Waals surface area contributed by atoms with Crippen LogP contribution in [-0.2, 0) is 22.3 Å². The highest BCUT2D eigenvalue weighted by Gasteiger charge is 2.30. The second-order valence-corrected chi connectivity index (χ2v) is 10.6. The minimum Gasteiger partial charge on any atom is -0.447 e. The lowest BCUT2D eigenvalue weighted by molar-refractivity contribution is 0.397. The normalized spacial score (nSPS) is 14.8. The van der Waals surface area contributed by atoms with Crippen molar-refractivity contribution in [3.05, 3.63) is 82.6 Å². The average molecular weight is 483 g/mol. The average Bonchev–Trinajstić information content (AvgIpc) is 3.54. The molecule has 0 N–H and O–H groups in total. The zero-order valence-electron chi connectivity index (χ0n) is 17.8. The van der Waals surface area contributed by atoms with Crippen molar-refractivity contribution in [3.63, 3.8) is 0 Å². The van der Waals surface area contributed by atoms with Crippen molar-refractivity contribution in [1.29, 1.82) is 0 Å². The van der Waals surface area contributed by atoms with E-state index in [1.54, 1.807) is 29.1 Å². The van der Waals surface area contributed by atoms with Crippen LogP contribution in [0.25, 0.3) is 10.9 Å². The summed E-state index contributed by atoms with van der Waals surface area (Å²) in [4.78, 5) is 22.1. The van der Waals surface area contributed by atoms with Crippen molar-refractivity contribution >= 4 is 32.7 Å². The van der Waals surface area contributed by atoms with Crippen LogP contribution in [0, 0.1) is 0 Å². The number of benzene rings is 1. The highest BCUT2D eigenvalue weighted by Crippen LogP contribution is 2.27. The van der Waals surface area contributed by atoms with E-state index in [9.17, 15) is 13.2 Å². The number of nitrogens with zero attached hydrogens (tertiary/aromatic N) is 4. The Balaban J connectivity index is 1.43. The van der Waals surface area contributed by atoms with Crippen molar-refractivity contribution in [2.75, 3.05) is 13.1 Å². The summed E-state index contributed by atoms with van der Waals surface area (Å²) in [6, 6.07) is 14.1. The first-order valence-electron chi connectivity index (χ1n) is 10.6. The zero-order chi connectivity index (χ0) is 22.8. The van der Waals surface area contributed by atoms with E-state index in [1.165, 1.54) is 22.1 Å². The number of thioether (sulfide) groups is 1. The van der Waals surface area contributed by atoms with Crippen molar-refractivity contribution in [2.24, 2.45) is 0 Å². The fourth-order valence-electron chi connectivity index (χ4n) is 3.84. The van der Waals surface area contributed by atoms with Gasteiger partial charge in [0.1, 0.15) is 5.76 Å². The van der Waals surface area contributed by atoms with E-state index < -0.39 is 10.0 Å². The van der Waals surface area contributed by atoms with Crippen LogP contribution in [0.4, 0.5) is 0 Å². The number of pyridine rings is 1. The highest BCUT2D eigenvalue weighted by molar-refractivity contribution is 7.98. The SMILES string of the molecule is O=c1c2ccccc2nc(SCc2ccc(S(=O)(=O)N3CCCC3)o2)n1Cc1cccnc1. The second-order valence-electron chi connectivity index (χ2n) is 7.78. The lowest BCUT2D eigenvalue weighted by Crippen LogP contribution is -2.27. The lowest BCUT2D eigenvalue weighted by Gasteiger charge is -2.13. The maximum absolute atomic E-state index is 13.2. The molecular weight excluding hydrogens is 460 g/mol. The molecule has 8 nitrogen and oxygen atoms in total. The highest BCUT2D eigenvalue weighted by atomic mass is 32.2. The third kappa shape index (κ3) is 4.46. The third-order valence-corrected chi connectivity index (χ3v) is 8.30. The number of rotatable bonds is 7. The Bertz CT molecular complexity index is 1440. The Labute approximate surface area is 195 Å². The van der Waals surface area contributed by atoms with Crippen LogP contribution in [0.1, 0.15) is 24.2 Å². The molecule has 170 valence electrons. The van der Waals surface area contributed by atoms with Crippen LogP contribution in [0.3, 0.4) is 0 Å². The molecule has 1 aliphatic heterocycles. The monoisotopic (exact) mass is 482 g/mol. The number of furan rings is 1. The van der Waals surface area contributed by atoms with Gasteiger partial charge in [0.15, 0.2) is 5.16 Å². The topological polar surface area (TPSA) is 98.3 Å². The fourth-order valence-corrected chi connectivity index (χ4v) is 6.18. The summed E-state index contributed by atoms with van der Waals surface area (Å²) in [6.45, 7) is 1.38. The smallest absolute Gasteiger partial charge is 0.276 e. The number of para-hydroxylation sites is 1. The number of aromatic nitrogens is 3. The molecule has 0 aliphatic carbocycles. The van der Waals surface area contributed by atoms with Gasteiger partial charge in [0.05, 0.1) is 23.2 Å². The molecule has 4 heterocycles. The molecular formula is C23H22N4O4S2. The van der Waals surface area contributed by atoms with E-state index in [-0.39, 0.29) is 10.7 Å². The van der Waals surface area contributed by atoms with Gasteiger partial charge in [-0.25, -0.2) is 13.4 Å². The summed E-state index contributed by atoms with van der Waals surface area (Å²) < 4.78 is 34.2. The molecule has 33 heavy (non-hydrogen) atoms. The van der Waals surface area contributed by atoms with Gasteiger partial charge < -0.3 is 4.42 Å². The summed E-state index contributed by atoms with van der Waals surface area (Å²) in [5.41, 5.74) is 1.36. The van der Waals surface area contributed by atoms with E-state index in [1.807, 2.05) is 30.3 Å². The summed E-state index contributed by atoms with van der Waals surface area (Å²) >= 11 is 1.33. The molecule has 10 heteroatoms. The first-order valence-corrected chi connectivity index (χ1v) is 13.0. The van der Waals surface area contributed by atoms with Gasteiger partial charge in [-0.2, -0.15) is 4.31 Å². The van der Waals surface area contributed by atoms with Crippen LogP contribution < -0.4 is 5.56 Å². The van der Waals surface area contributed by atoms with E-state index >= 15 is 0 Å². The molecule has 1 saturated heterocycles. The van der Waals surface area contributed by atoms with Crippen molar-refractivity contribution in [1.82, 2.24) is 18.8 Å². The van der Waals surface area contributed by atoms with Crippen LogP contribution in [-0.4, -0.2) is 40.3 Å². The van der Waals surface area contributed by atoms with Crippen LogP contribution in [0.5, 0.6) is 0 Å². The minimum absolute atomic E-state index is 0.0424. The molecule has 0 saturated carbocycles. The molecule has 0 amide bonds. The molecule has 5 rings (SSSR count). The number of fused-ring (bicyclic) bond motifs is 1. The summed E-state index contributed by atoms with van der Waals surface area (Å²) in [5, 5.41) is 1.03. The summed E-state index contributed by atoms with van der Waals surface area (Å²) in [7, 11) is -3.61. The Morgan fingerprint density at radius 2 is 1.85 bits per heavy atom. The van der Waals surface area contributed by atoms with Gasteiger partial charge in [-0.15, -0.1) is 0 Å². The number of sulfonamides is 1. The lowest BCUT2D eigenvalue weighted by atomic mass is 10.2. The van der Waals surface area contributed by atoms with E-state index in [0.717, 1.165) is 18.4 Å². The predicted molar refractivity (Wildman–Crippen MR) is 126 cm³/mol. The van der Waals surface area contributed by atoms with Crippen molar-refractivity contribution in [3.8, 4) is 0 Å². The zero-order valence-corrected chi connectivity index (χ0v) is 19.4. The van der Waals surface area contributed by atoms with Crippen LogP contribution >= 0.6 is 11.8 Å². The molecule has 3 aromatic heterocycles. The molecule has 1 fully saturated rings. The Morgan fingerprint density at radius 1 is 1.03 bits per heavy atom. The van der Waals surface area contributed by atoms with Gasteiger partial charge in [-0.3, -0.25) is 14.3 Å².